The predicted octanol–water partition coefficient (Wildman–Crippen LogP) is 30.1. The number of anilines is 6. The summed E-state index contributed by atoms with van der Waals surface area (Å²) in [7, 11) is 0. The van der Waals surface area contributed by atoms with Crippen molar-refractivity contribution in [2.24, 2.45) is 0 Å². The van der Waals surface area contributed by atoms with Crippen LogP contribution < -0.4 is 9.80 Å². The Hall–Kier alpha value is -16.7. The number of nitriles is 1. The molecule has 0 heterocycles. The fourth-order valence-corrected chi connectivity index (χ4v) is 16.2. The smallest absolute Gasteiger partial charge is 0.187 e. The summed E-state index contributed by atoms with van der Waals surface area (Å²) in [6, 6.07) is 145. The summed E-state index contributed by atoms with van der Waals surface area (Å²) < 4.78 is 0. The number of rotatable bonds is 10. The van der Waals surface area contributed by atoms with Gasteiger partial charge in [0.25, 0.3) is 0 Å². The molecule has 20 aromatic rings. The minimum Gasteiger partial charge on any atom is -0.311 e. The Morgan fingerprint density at radius 3 is 0.642 bits per heavy atom. The zero-order valence-corrected chi connectivity index (χ0v) is 64.0. The molecular weight excluding hydrogens is 1450 g/mol. The van der Waals surface area contributed by atoms with Gasteiger partial charge in [0.2, 0.25) is 0 Å². The van der Waals surface area contributed by atoms with E-state index >= 15 is 0 Å². The zero-order chi connectivity index (χ0) is 79.1. The molecule has 20 rings (SSSR count). The van der Waals surface area contributed by atoms with E-state index in [1.807, 2.05) is 48.5 Å². The molecule has 0 aromatic heterocycles. The van der Waals surface area contributed by atoms with E-state index in [-0.39, 0.29) is 14.9 Å². The van der Waals surface area contributed by atoms with Crippen molar-refractivity contribution >= 4 is 104 Å². The standard InChI is InChI=1S/C68H44N2.C46H24N2.2CH4/c1-7-19-51(20-8-1)65-47-53(37-31-49-33-39-59(40-34-49)69(55-23-11-3-12-24-55)56-25-13-4-14-26-56)61-43-44-62-54(48-66(52-21-9-2-10-22-52)64-46-45-63(65)67(61)68(62)64)38-32-50-35-41-60(42-36-50)70(57-27-15-5-16-28-57)58-29-17-6-18-30-58;1-48-38-22-18-32(19-23-38)17-21-37-29-44(35-10-6-3-7-11-35)42-27-26-41-43(34-8-4-2-5-9-34)28-36(39-24-25-40(37)46(42)45(39)41)20-16-31-12-14-33(30-47)15-13-31;;/h1-30,33-36,39-48H;2-15,18-19,22-29H;2*1H4. The Morgan fingerprint density at radius 2 is 0.408 bits per heavy atom. The molecule has 120 heavy (non-hydrogen) atoms. The van der Waals surface area contributed by atoms with Gasteiger partial charge >= 0.3 is 0 Å². The summed E-state index contributed by atoms with van der Waals surface area (Å²) in [5.41, 5.74) is 24.3. The molecule has 0 aliphatic heterocycles. The Bertz CT molecular complexity index is 6950. The highest BCUT2D eigenvalue weighted by atomic mass is 15.1. The average Bonchev–Trinajstić information content (AvgIpc) is 0.717. The van der Waals surface area contributed by atoms with E-state index in [0.717, 1.165) is 161 Å². The third-order valence-electron chi connectivity index (χ3n) is 21.8. The monoisotopic (exact) mass is 1520 g/mol. The van der Waals surface area contributed by atoms with Crippen molar-refractivity contribution in [2.45, 2.75) is 14.9 Å². The molecule has 560 valence electrons. The lowest BCUT2D eigenvalue weighted by molar-refractivity contribution is 1.28. The summed E-state index contributed by atoms with van der Waals surface area (Å²) in [4.78, 5) is 8.06. The molecule has 0 aliphatic carbocycles. The fourth-order valence-electron chi connectivity index (χ4n) is 16.2. The van der Waals surface area contributed by atoms with Crippen LogP contribution in [-0.2, 0) is 0 Å². The van der Waals surface area contributed by atoms with Crippen molar-refractivity contribution in [1.29, 1.82) is 5.26 Å². The van der Waals surface area contributed by atoms with E-state index < -0.39 is 0 Å². The number of benzene rings is 20. The van der Waals surface area contributed by atoms with Gasteiger partial charge in [-0.3, -0.25) is 0 Å². The van der Waals surface area contributed by atoms with E-state index in [2.05, 4.69) is 420 Å². The number of hydrogen-bond donors (Lipinski definition) is 0. The van der Waals surface area contributed by atoms with E-state index in [9.17, 15) is 5.26 Å². The average molecular weight is 1530 g/mol. The predicted molar refractivity (Wildman–Crippen MR) is 506 cm³/mol. The highest BCUT2D eigenvalue weighted by Gasteiger charge is 2.23. The van der Waals surface area contributed by atoms with Crippen LogP contribution in [0.25, 0.3) is 114 Å². The summed E-state index contributed by atoms with van der Waals surface area (Å²) in [5, 5.41) is 23.1. The van der Waals surface area contributed by atoms with Gasteiger partial charge in [0.1, 0.15) is 0 Å². The molecule has 0 N–H and O–H groups in total. The van der Waals surface area contributed by atoms with Crippen molar-refractivity contribution in [1.82, 2.24) is 0 Å². The van der Waals surface area contributed by atoms with Crippen molar-refractivity contribution in [3.8, 4) is 97.9 Å². The summed E-state index contributed by atoms with van der Waals surface area (Å²) in [6.45, 7) is 7.29. The minimum atomic E-state index is 0. The molecule has 0 spiro atoms. The van der Waals surface area contributed by atoms with Crippen LogP contribution in [-0.4, -0.2) is 0 Å². The number of hydrogen-bond acceptors (Lipinski definition) is 3. The summed E-state index contributed by atoms with van der Waals surface area (Å²) in [5.74, 6) is 28.3. The Kier molecular flexibility index (Phi) is 21.6. The van der Waals surface area contributed by atoms with Crippen LogP contribution in [0.2, 0.25) is 0 Å². The SMILES string of the molecule is C.C.C(#Cc1cc(-c2ccccc2)c2ccc3c(-c4ccccc4)cc(C#Cc4ccc(N(c5ccccc5)c5ccccc5)cc4)c4ccc1c2c43)c1ccc(N(c2ccccc2)c2ccccc2)cc1.[C-]#[N+]c1ccc(C#Cc2cc(-c3ccccc3)c3ccc4c(-c5ccccc5)cc(C#Cc5ccc(C#N)cc5)c5ccc2c3c54)cc1. The number of nitrogens with zero attached hydrogens (tertiary/aromatic N) is 4. The largest absolute Gasteiger partial charge is 0.311 e. The van der Waals surface area contributed by atoms with Crippen LogP contribution in [0.1, 0.15) is 64.9 Å². The lowest BCUT2D eigenvalue weighted by atomic mass is 9.84. The van der Waals surface area contributed by atoms with Gasteiger partial charge in [0.05, 0.1) is 18.2 Å². The van der Waals surface area contributed by atoms with Crippen LogP contribution in [0, 0.1) is 65.3 Å². The van der Waals surface area contributed by atoms with Crippen LogP contribution >= 0.6 is 0 Å². The lowest BCUT2D eigenvalue weighted by Gasteiger charge is -2.25. The van der Waals surface area contributed by atoms with Gasteiger partial charge in [0.15, 0.2) is 5.69 Å². The van der Waals surface area contributed by atoms with E-state index in [1.165, 1.54) is 26.9 Å². The van der Waals surface area contributed by atoms with Crippen molar-refractivity contribution in [2.75, 3.05) is 9.80 Å². The molecule has 0 aliphatic rings. The van der Waals surface area contributed by atoms with Crippen LogP contribution in [0.4, 0.5) is 39.8 Å². The highest BCUT2D eigenvalue weighted by molar-refractivity contribution is 6.31. The molecule has 0 unspecified atom stereocenters. The van der Waals surface area contributed by atoms with Gasteiger partial charge in [-0.2, -0.15) is 5.26 Å². The van der Waals surface area contributed by atoms with Crippen molar-refractivity contribution in [3.05, 3.63) is 474 Å². The van der Waals surface area contributed by atoms with Gasteiger partial charge in [-0.25, -0.2) is 4.85 Å². The molecule has 0 saturated heterocycles. The first-order valence-electron chi connectivity index (χ1n) is 39.3. The minimum absolute atomic E-state index is 0. The van der Waals surface area contributed by atoms with E-state index in [4.69, 9.17) is 6.57 Å². The number of para-hydroxylation sites is 4. The van der Waals surface area contributed by atoms with Crippen LogP contribution in [0.5, 0.6) is 0 Å². The second-order valence-corrected chi connectivity index (χ2v) is 28.9. The van der Waals surface area contributed by atoms with Crippen molar-refractivity contribution in [3.63, 3.8) is 0 Å². The fraction of sp³-hybridized carbons (Fsp3) is 0.0172. The maximum absolute atomic E-state index is 9.25. The Balaban J connectivity index is 0.000000180. The molecule has 4 nitrogen and oxygen atoms in total. The molecular formula is C116H76N4. The second-order valence-electron chi connectivity index (χ2n) is 28.9. The third-order valence-corrected chi connectivity index (χ3v) is 21.8. The summed E-state index contributed by atoms with van der Waals surface area (Å²) in [6.07, 6.45) is 0. The normalized spacial score (nSPS) is 10.6. The molecule has 0 fully saturated rings. The second kappa shape index (κ2) is 34.2. The molecule has 0 atom stereocenters. The zero-order valence-electron chi connectivity index (χ0n) is 64.0. The lowest BCUT2D eigenvalue weighted by Crippen LogP contribution is -2.09. The topological polar surface area (TPSA) is 34.6 Å². The Labute approximate surface area is 701 Å². The first-order chi connectivity index (χ1) is 58.4. The van der Waals surface area contributed by atoms with E-state index in [1.54, 1.807) is 12.1 Å². The summed E-state index contributed by atoms with van der Waals surface area (Å²) >= 11 is 0. The third kappa shape index (κ3) is 15.2. The van der Waals surface area contributed by atoms with Gasteiger partial charge < -0.3 is 9.80 Å². The molecule has 0 saturated carbocycles. The van der Waals surface area contributed by atoms with Crippen LogP contribution in [0.15, 0.2) is 413 Å². The van der Waals surface area contributed by atoms with E-state index in [0.29, 0.717) is 11.3 Å². The first kappa shape index (κ1) is 76.0. The molecule has 0 bridgehead atoms. The van der Waals surface area contributed by atoms with Gasteiger partial charge in [0, 0.05) is 78.6 Å². The maximum atomic E-state index is 9.25. The van der Waals surface area contributed by atoms with Gasteiger partial charge in [-0.05, 0) is 255 Å². The Morgan fingerprint density at radius 1 is 0.208 bits per heavy atom. The van der Waals surface area contributed by atoms with Crippen molar-refractivity contribution < 1.29 is 0 Å². The first-order valence-corrected chi connectivity index (χ1v) is 39.3. The van der Waals surface area contributed by atoms with Gasteiger partial charge in [-0.15, -0.1) is 0 Å². The quantitative estimate of drug-likeness (QED) is 0.0777. The molecule has 4 heteroatoms. The van der Waals surface area contributed by atoms with Crippen LogP contribution in [0.3, 0.4) is 0 Å². The molecule has 20 aromatic carbocycles. The highest BCUT2D eigenvalue weighted by Crippen LogP contribution is 2.48. The molecule has 0 amide bonds. The molecule has 0 radical (unpaired) electrons. The van der Waals surface area contributed by atoms with Gasteiger partial charge in [-0.1, -0.05) is 329 Å². The maximum Gasteiger partial charge on any atom is 0.187 e.